The Hall–Kier alpha value is -3.26. The Morgan fingerprint density at radius 2 is 1.17 bits per heavy atom. The minimum Gasteiger partial charge on any atom is -0.251 e. The minimum atomic E-state index is -0.207. The van der Waals surface area contributed by atoms with E-state index < -0.39 is 0 Å². The van der Waals surface area contributed by atoms with Crippen LogP contribution >= 0.6 is 0 Å². The van der Waals surface area contributed by atoms with Gasteiger partial charge in [0.15, 0.2) is 0 Å². The predicted molar refractivity (Wildman–Crippen MR) is 115 cm³/mol. The van der Waals surface area contributed by atoms with Crippen molar-refractivity contribution in [1.82, 2.24) is 4.98 Å². The molecule has 2 aliphatic carbocycles. The maximum atomic E-state index is 14.9. The molecule has 0 saturated carbocycles. The molecule has 0 unspecified atom stereocenters. The van der Waals surface area contributed by atoms with Gasteiger partial charge in [0.05, 0.1) is 5.69 Å². The highest BCUT2D eigenvalue weighted by molar-refractivity contribution is 5.92. The van der Waals surface area contributed by atoms with Crippen molar-refractivity contribution < 1.29 is 4.39 Å². The summed E-state index contributed by atoms with van der Waals surface area (Å²) in [4.78, 5) is 5.12. The van der Waals surface area contributed by atoms with Crippen LogP contribution in [0, 0.1) is 5.82 Å². The van der Waals surface area contributed by atoms with Crippen molar-refractivity contribution >= 4 is 0 Å². The van der Waals surface area contributed by atoms with Crippen LogP contribution in [0.4, 0.5) is 4.39 Å². The fraction of sp³-hybridized carbons (Fsp3) is 0.148. The molecule has 140 valence electrons. The summed E-state index contributed by atoms with van der Waals surface area (Å²) in [7, 11) is 0. The highest BCUT2D eigenvalue weighted by Gasteiger charge is 2.29. The summed E-state index contributed by atoms with van der Waals surface area (Å²) >= 11 is 0. The number of hydrogen-bond acceptors (Lipinski definition) is 1. The van der Waals surface area contributed by atoms with E-state index in [1.54, 1.807) is 6.07 Å². The van der Waals surface area contributed by atoms with Gasteiger partial charge in [-0.2, -0.15) is 0 Å². The first-order chi connectivity index (χ1) is 14.3. The third-order valence-corrected chi connectivity index (χ3v) is 6.35. The van der Waals surface area contributed by atoms with Crippen molar-refractivity contribution in [3.8, 4) is 33.5 Å². The van der Waals surface area contributed by atoms with Crippen LogP contribution in [0.3, 0.4) is 0 Å². The van der Waals surface area contributed by atoms with Gasteiger partial charge in [0, 0.05) is 22.4 Å². The van der Waals surface area contributed by atoms with Crippen molar-refractivity contribution in [1.29, 1.82) is 0 Å². The summed E-state index contributed by atoms with van der Waals surface area (Å²) in [5.74, 6) is -0.207. The number of fused-ring (bicyclic) bond motifs is 7. The monoisotopic (exact) mass is 377 g/mol. The van der Waals surface area contributed by atoms with Crippen molar-refractivity contribution in [2.75, 3.05) is 0 Å². The number of nitrogens with zero attached hydrogens (tertiary/aromatic N) is 1. The zero-order chi connectivity index (χ0) is 19.4. The third kappa shape index (κ3) is 2.49. The molecule has 0 aliphatic heterocycles. The number of aromatic nitrogens is 1. The van der Waals surface area contributed by atoms with E-state index in [1.807, 2.05) is 12.1 Å². The van der Waals surface area contributed by atoms with Gasteiger partial charge in [-0.15, -0.1) is 0 Å². The first-order valence-electron chi connectivity index (χ1n) is 10.3. The summed E-state index contributed by atoms with van der Waals surface area (Å²) in [6.07, 6.45) is 3.87. The average Bonchev–Trinajstić information content (AvgIpc) is 2.78. The van der Waals surface area contributed by atoms with E-state index in [-0.39, 0.29) is 5.82 Å². The minimum absolute atomic E-state index is 0.207. The summed E-state index contributed by atoms with van der Waals surface area (Å²) in [5, 5.41) is 0. The Labute approximate surface area is 169 Å². The molecule has 0 radical (unpaired) electrons. The topological polar surface area (TPSA) is 12.9 Å². The first kappa shape index (κ1) is 16.7. The second kappa shape index (κ2) is 6.38. The zero-order valence-electron chi connectivity index (χ0n) is 16.1. The molecule has 1 nitrogen and oxygen atoms in total. The maximum absolute atomic E-state index is 14.9. The van der Waals surface area contributed by atoms with E-state index in [0.717, 1.165) is 42.6 Å². The molecule has 0 spiro atoms. The van der Waals surface area contributed by atoms with Gasteiger partial charge in [-0.25, -0.2) is 4.39 Å². The highest BCUT2D eigenvalue weighted by atomic mass is 19.1. The number of pyridine rings is 1. The zero-order valence-corrected chi connectivity index (χ0v) is 16.1. The number of rotatable bonds is 1. The molecule has 0 atom stereocenters. The summed E-state index contributed by atoms with van der Waals surface area (Å²) in [6.45, 7) is 0. The van der Waals surface area contributed by atoms with Gasteiger partial charge >= 0.3 is 0 Å². The van der Waals surface area contributed by atoms with Gasteiger partial charge in [0.2, 0.25) is 0 Å². The van der Waals surface area contributed by atoms with Crippen LogP contribution in [0.2, 0.25) is 0 Å². The molecule has 29 heavy (non-hydrogen) atoms. The lowest BCUT2D eigenvalue weighted by Gasteiger charge is -2.30. The SMILES string of the molecule is Fc1ccccc1-c1nc2c(c3c1-c1ccccc1CC3)-c1ccccc1CC2. The van der Waals surface area contributed by atoms with E-state index in [4.69, 9.17) is 4.98 Å². The summed E-state index contributed by atoms with van der Waals surface area (Å²) < 4.78 is 14.9. The van der Waals surface area contributed by atoms with Gasteiger partial charge in [-0.05, 0) is 65.6 Å². The van der Waals surface area contributed by atoms with E-state index in [1.165, 1.54) is 39.4 Å². The van der Waals surface area contributed by atoms with Gasteiger partial charge in [-0.3, -0.25) is 4.98 Å². The molecule has 1 aromatic heterocycles. The molecule has 3 aromatic carbocycles. The van der Waals surface area contributed by atoms with E-state index in [9.17, 15) is 4.39 Å². The first-order valence-corrected chi connectivity index (χ1v) is 10.3. The maximum Gasteiger partial charge on any atom is 0.132 e. The Kier molecular flexibility index (Phi) is 3.67. The molecule has 2 aliphatic rings. The highest BCUT2D eigenvalue weighted by Crippen LogP contribution is 2.47. The van der Waals surface area contributed by atoms with Gasteiger partial charge in [0.1, 0.15) is 5.82 Å². The summed E-state index contributed by atoms with van der Waals surface area (Å²) in [5.41, 5.74) is 11.5. The van der Waals surface area contributed by atoms with Crippen LogP contribution in [0.1, 0.15) is 22.4 Å². The van der Waals surface area contributed by atoms with Crippen LogP contribution in [0.15, 0.2) is 72.8 Å². The van der Waals surface area contributed by atoms with Crippen molar-refractivity contribution in [2.24, 2.45) is 0 Å². The fourth-order valence-corrected chi connectivity index (χ4v) is 5.05. The van der Waals surface area contributed by atoms with Crippen LogP contribution in [0.25, 0.3) is 33.5 Å². The molecule has 6 rings (SSSR count). The van der Waals surface area contributed by atoms with Crippen LogP contribution in [-0.2, 0) is 25.7 Å². The second-order valence-corrected chi connectivity index (χ2v) is 7.93. The third-order valence-electron chi connectivity index (χ3n) is 6.35. The molecule has 0 fully saturated rings. The Balaban J connectivity index is 1.74. The number of hydrogen-bond donors (Lipinski definition) is 0. The van der Waals surface area contributed by atoms with Crippen molar-refractivity contribution in [3.63, 3.8) is 0 Å². The van der Waals surface area contributed by atoms with Gasteiger partial charge in [-0.1, -0.05) is 60.7 Å². The Bertz CT molecular complexity index is 1270. The van der Waals surface area contributed by atoms with Gasteiger partial charge < -0.3 is 0 Å². The van der Waals surface area contributed by atoms with Crippen LogP contribution in [-0.4, -0.2) is 4.98 Å². The smallest absolute Gasteiger partial charge is 0.132 e. The normalized spacial score (nSPS) is 13.8. The second-order valence-electron chi connectivity index (χ2n) is 7.93. The summed E-state index contributed by atoms with van der Waals surface area (Å²) in [6, 6.07) is 24.2. The Morgan fingerprint density at radius 1 is 0.586 bits per heavy atom. The van der Waals surface area contributed by atoms with E-state index in [0.29, 0.717) is 5.56 Å². The van der Waals surface area contributed by atoms with Crippen LogP contribution in [0.5, 0.6) is 0 Å². The molecule has 4 aromatic rings. The Morgan fingerprint density at radius 3 is 1.90 bits per heavy atom. The lowest BCUT2D eigenvalue weighted by Crippen LogP contribution is -2.15. The molecular formula is C27H20FN. The van der Waals surface area contributed by atoms with Crippen molar-refractivity contribution in [3.05, 3.63) is 101 Å². The van der Waals surface area contributed by atoms with Crippen LogP contribution < -0.4 is 0 Å². The molecule has 0 N–H and O–H groups in total. The average molecular weight is 377 g/mol. The predicted octanol–water partition coefficient (Wildman–Crippen LogP) is 6.42. The van der Waals surface area contributed by atoms with E-state index in [2.05, 4.69) is 48.5 Å². The number of benzene rings is 3. The number of aryl methyl sites for hydroxylation is 3. The lowest BCUT2D eigenvalue weighted by atomic mass is 9.76. The molecule has 2 heteroatoms. The lowest BCUT2D eigenvalue weighted by molar-refractivity contribution is 0.630. The molecule has 0 amide bonds. The standard InChI is InChI=1S/C27H20FN/c28-23-12-6-5-11-21(23)27-26-20-10-4-2-7-17(20)13-15-22(26)25-19-9-3-1-8-18(19)14-16-24(25)29-27/h1-12H,13-16H2. The molecule has 0 saturated heterocycles. The quantitative estimate of drug-likeness (QED) is 0.373. The fourth-order valence-electron chi connectivity index (χ4n) is 5.05. The van der Waals surface area contributed by atoms with E-state index >= 15 is 0 Å². The van der Waals surface area contributed by atoms with Crippen molar-refractivity contribution in [2.45, 2.75) is 25.7 Å². The molecule has 1 heterocycles. The largest absolute Gasteiger partial charge is 0.251 e. The molecule has 0 bridgehead atoms. The number of halogens is 1. The molecular weight excluding hydrogens is 357 g/mol. The van der Waals surface area contributed by atoms with Gasteiger partial charge in [0.25, 0.3) is 0 Å².